The number of guanidine groups is 1. The van der Waals surface area contributed by atoms with Crippen molar-refractivity contribution in [3.63, 3.8) is 0 Å². The van der Waals surface area contributed by atoms with Gasteiger partial charge < -0.3 is 15.0 Å². The fourth-order valence-corrected chi connectivity index (χ4v) is 1.73. The Bertz CT molecular complexity index is 605. The van der Waals surface area contributed by atoms with Gasteiger partial charge in [0.05, 0.1) is 12.7 Å². The Labute approximate surface area is 110 Å². The molecule has 1 heterocycles. The average Bonchev–Trinajstić information content (AvgIpc) is 2.91. The third-order valence-corrected chi connectivity index (χ3v) is 2.58. The topological polar surface area (TPSA) is 93.1 Å². The monoisotopic (exact) mass is 258 g/mol. The maximum absolute atomic E-state index is 11.9. The summed E-state index contributed by atoms with van der Waals surface area (Å²) in [4.78, 5) is 11.9. The minimum absolute atomic E-state index is 0.323. The van der Waals surface area contributed by atoms with Crippen LogP contribution < -0.4 is 15.8 Å². The highest BCUT2D eigenvalue weighted by molar-refractivity contribution is 6.06. The van der Waals surface area contributed by atoms with Gasteiger partial charge >= 0.3 is 0 Å². The van der Waals surface area contributed by atoms with E-state index < -0.39 is 11.9 Å². The second kappa shape index (κ2) is 5.26. The van der Waals surface area contributed by atoms with Gasteiger partial charge in [-0.2, -0.15) is 0 Å². The number of nitrogens with one attached hydrogen (secondary N) is 2. The predicted molar refractivity (Wildman–Crippen MR) is 71.7 cm³/mol. The smallest absolute Gasteiger partial charge is 0.261 e. The molecule has 4 N–H and O–H groups in total. The fraction of sp³-hybridized carbons (Fsp3) is 0.0769. The SMILES string of the molecule is COc1ccc(-n2cccc2)cc1C(=O)NC(=N)N. The molecule has 0 saturated heterocycles. The van der Waals surface area contributed by atoms with Crippen molar-refractivity contribution in [2.24, 2.45) is 5.73 Å². The summed E-state index contributed by atoms with van der Waals surface area (Å²) in [5.74, 6) is -0.452. The molecule has 0 aliphatic carbocycles. The Kier molecular flexibility index (Phi) is 3.51. The van der Waals surface area contributed by atoms with Crippen molar-refractivity contribution in [2.75, 3.05) is 7.11 Å². The van der Waals surface area contributed by atoms with Crippen LogP contribution in [-0.4, -0.2) is 23.5 Å². The molecule has 0 atom stereocenters. The maximum Gasteiger partial charge on any atom is 0.261 e. The summed E-state index contributed by atoms with van der Waals surface area (Å²) in [6, 6.07) is 8.99. The zero-order valence-corrected chi connectivity index (χ0v) is 10.4. The third-order valence-electron chi connectivity index (χ3n) is 2.58. The lowest BCUT2D eigenvalue weighted by Crippen LogP contribution is -2.35. The average molecular weight is 258 g/mol. The van der Waals surface area contributed by atoms with Crippen molar-refractivity contribution in [1.82, 2.24) is 9.88 Å². The van der Waals surface area contributed by atoms with E-state index >= 15 is 0 Å². The van der Waals surface area contributed by atoms with E-state index in [1.165, 1.54) is 7.11 Å². The fourth-order valence-electron chi connectivity index (χ4n) is 1.73. The van der Waals surface area contributed by atoms with Crippen molar-refractivity contribution in [3.05, 3.63) is 48.3 Å². The van der Waals surface area contributed by atoms with Crippen LogP contribution in [0.15, 0.2) is 42.7 Å². The van der Waals surface area contributed by atoms with Crippen LogP contribution in [0, 0.1) is 5.41 Å². The van der Waals surface area contributed by atoms with E-state index in [0.29, 0.717) is 11.3 Å². The minimum atomic E-state index is -0.474. The van der Waals surface area contributed by atoms with E-state index in [-0.39, 0.29) is 0 Å². The largest absolute Gasteiger partial charge is 0.496 e. The Morgan fingerprint density at radius 1 is 1.37 bits per heavy atom. The van der Waals surface area contributed by atoms with Gasteiger partial charge in [0, 0.05) is 18.1 Å². The normalized spacial score (nSPS) is 9.95. The predicted octanol–water partition coefficient (Wildman–Crippen LogP) is 1.11. The third kappa shape index (κ3) is 2.74. The Hall–Kier alpha value is -2.76. The summed E-state index contributed by atoms with van der Waals surface area (Å²) in [6.45, 7) is 0. The van der Waals surface area contributed by atoms with Crippen LogP contribution in [0.1, 0.15) is 10.4 Å². The summed E-state index contributed by atoms with van der Waals surface area (Å²) in [7, 11) is 1.48. The zero-order chi connectivity index (χ0) is 13.8. The van der Waals surface area contributed by atoms with Gasteiger partial charge in [0.25, 0.3) is 5.91 Å². The van der Waals surface area contributed by atoms with Crippen molar-refractivity contribution >= 4 is 11.9 Å². The van der Waals surface area contributed by atoms with Crippen LogP contribution in [0.3, 0.4) is 0 Å². The number of aromatic nitrogens is 1. The minimum Gasteiger partial charge on any atom is -0.496 e. The second-order valence-electron chi connectivity index (χ2n) is 3.84. The number of hydrogen-bond donors (Lipinski definition) is 3. The standard InChI is InChI=1S/C13H14N4O2/c1-19-11-5-4-9(17-6-2-3-7-17)8-10(11)12(18)16-13(14)15/h2-8H,1H3,(H4,14,15,16,18). The zero-order valence-electron chi connectivity index (χ0n) is 10.4. The van der Waals surface area contributed by atoms with E-state index in [2.05, 4.69) is 5.32 Å². The lowest BCUT2D eigenvalue weighted by molar-refractivity contribution is 0.0973. The van der Waals surface area contributed by atoms with Gasteiger partial charge in [0.15, 0.2) is 5.96 Å². The highest BCUT2D eigenvalue weighted by Crippen LogP contribution is 2.22. The van der Waals surface area contributed by atoms with E-state index in [1.807, 2.05) is 35.2 Å². The lowest BCUT2D eigenvalue weighted by atomic mass is 10.1. The first-order valence-electron chi connectivity index (χ1n) is 5.58. The summed E-state index contributed by atoms with van der Waals surface area (Å²) < 4.78 is 7.00. The molecular weight excluding hydrogens is 244 g/mol. The molecular formula is C13H14N4O2. The molecule has 0 aliphatic heterocycles. The van der Waals surface area contributed by atoms with Gasteiger partial charge in [0.1, 0.15) is 5.75 Å². The van der Waals surface area contributed by atoms with Crippen LogP contribution in [0.25, 0.3) is 5.69 Å². The number of nitrogens with two attached hydrogens (primary N) is 1. The molecule has 0 bridgehead atoms. The van der Waals surface area contributed by atoms with Crippen LogP contribution in [0.2, 0.25) is 0 Å². The molecule has 0 unspecified atom stereocenters. The van der Waals surface area contributed by atoms with Gasteiger partial charge in [-0.15, -0.1) is 0 Å². The molecule has 1 amide bonds. The number of amides is 1. The molecule has 1 aromatic heterocycles. The van der Waals surface area contributed by atoms with Gasteiger partial charge in [-0.05, 0) is 30.3 Å². The van der Waals surface area contributed by atoms with E-state index in [0.717, 1.165) is 5.69 Å². The van der Waals surface area contributed by atoms with Crippen molar-refractivity contribution < 1.29 is 9.53 Å². The number of rotatable bonds is 3. The van der Waals surface area contributed by atoms with Crippen molar-refractivity contribution in [1.29, 1.82) is 5.41 Å². The second-order valence-corrected chi connectivity index (χ2v) is 3.84. The first-order valence-corrected chi connectivity index (χ1v) is 5.58. The molecule has 0 saturated carbocycles. The molecule has 0 aliphatic rings. The first-order chi connectivity index (χ1) is 9.11. The van der Waals surface area contributed by atoms with E-state index in [1.54, 1.807) is 12.1 Å². The Morgan fingerprint density at radius 3 is 2.63 bits per heavy atom. The summed E-state index contributed by atoms with van der Waals surface area (Å²) in [6.07, 6.45) is 3.74. The molecule has 0 spiro atoms. The number of carbonyl (C=O) groups excluding carboxylic acids is 1. The molecule has 2 rings (SSSR count). The summed E-state index contributed by atoms with van der Waals surface area (Å²) in [5.41, 5.74) is 6.30. The van der Waals surface area contributed by atoms with E-state index in [9.17, 15) is 4.79 Å². The number of methoxy groups -OCH3 is 1. The first kappa shape index (κ1) is 12.7. The maximum atomic E-state index is 11.9. The molecule has 19 heavy (non-hydrogen) atoms. The van der Waals surface area contributed by atoms with Crippen molar-refractivity contribution in [3.8, 4) is 11.4 Å². The van der Waals surface area contributed by atoms with Crippen LogP contribution in [0.5, 0.6) is 5.75 Å². The van der Waals surface area contributed by atoms with Gasteiger partial charge in [-0.25, -0.2) is 0 Å². The van der Waals surface area contributed by atoms with Crippen LogP contribution in [0.4, 0.5) is 0 Å². The Balaban J connectivity index is 2.42. The van der Waals surface area contributed by atoms with Gasteiger partial charge in [-0.1, -0.05) is 0 Å². The lowest BCUT2D eigenvalue weighted by Gasteiger charge is -2.11. The number of nitrogens with zero attached hydrogens (tertiary/aromatic N) is 1. The van der Waals surface area contributed by atoms with E-state index in [4.69, 9.17) is 15.9 Å². The summed E-state index contributed by atoms with van der Waals surface area (Å²) >= 11 is 0. The van der Waals surface area contributed by atoms with Crippen molar-refractivity contribution in [2.45, 2.75) is 0 Å². The molecule has 1 aromatic carbocycles. The van der Waals surface area contributed by atoms with Gasteiger partial charge in [0.2, 0.25) is 0 Å². The molecule has 98 valence electrons. The van der Waals surface area contributed by atoms with Gasteiger partial charge in [-0.3, -0.25) is 15.5 Å². The Morgan fingerprint density at radius 2 is 2.05 bits per heavy atom. The number of hydrogen-bond acceptors (Lipinski definition) is 3. The van der Waals surface area contributed by atoms with Crippen LogP contribution in [-0.2, 0) is 0 Å². The molecule has 6 nitrogen and oxygen atoms in total. The highest BCUT2D eigenvalue weighted by atomic mass is 16.5. The number of carbonyl (C=O) groups is 1. The number of ether oxygens (including phenoxy) is 1. The highest BCUT2D eigenvalue weighted by Gasteiger charge is 2.14. The van der Waals surface area contributed by atoms with Crippen LogP contribution >= 0.6 is 0 Å². The molecule has 0 radical (unpaired) electrons. The molecule has 0 fully saturated rings. The molecule has 6 heteroatoms. The molecule has 2 aromatic rings. The number of benzene rings is 1. The summed E-state index contributed by atoms with van der Waals surface area (Å²) in [5, 5.41) is 9.33. The quantitative estimate of drug-likeness (QED) is 0.568.